The van der Waals surface area contributed by atoms with Crippen molar-refractivity contribution in [2.45, 2.75) is 46.6 Å². The Kier molecular flexibility index (Phi) is 2.22. The van der Waals surface area contributed by atoms with Crippen molar-refractivity contribution in [3.05, 3.63) is 89.1 Å². The van der Waals surface area contributed by atoms with Crippen molar-refractivity contribution >= 4 is 21.9 Å². The average Bonchev–Trinajstić information content (AvgIpc) is 3.52. The predicted octanol–water partition coefficient (Wildman–Crippen LogP) is 8.27. The number of benzene rings is 3. The minimum absolute atomic E-state index is 0.000159. The molecule has 2 heteroatoms. The molecule has 0 radical (unpaired) electrons. The number of fused-ring (bicyclic) bond motifs is 7. The summed E-state index contributed by atoms with van der Waals surface area (Å²) in [6.07, 6.45) is 1.59. The van der Waals surface area contributed by atoms with Gasteiger partial charge in [-0.05, 0) is 53.4 Å². The fraction of sp³-hybridized carbons (Fsp3) is 0.303. The molecule has 35 heavy (non-hydrogen) atoms. The monoisotopic (exact) mass is 477 g/mol. The van der Waals surface area contributed by atoms with Gasteiger partial charge in [0.15, 0.2) is 6.20 Å². The third-order valence-corrected chi connectivity index (χ3v) is 7.18. The summed E-state index contributed by atoms with van der Waals surface area (Å²) in [5, 5.41) is 0.896. The fourth-order valence-corrected chi connectivity index (χ4v) is 5.56. The lowest BCUT2D eigenvalue weighted by Gasteiger charge is -2.40. The van der Waals surface area contributed by atoms with E-state index in [1.54, 1.807) is 36.9 Å². The first-order chi connectivity index (χ1) is 23.6. The van der Waals surface area contributed by atoms with Crippen LogP contribution in [0.2, 0.25) is 0 Å². The molecular formula is C33H34NO+. The van der Waals surface area contributed by atoms with E-state index in [4.69, 9.17) is 25.0 Å². The van der Waals surface area contributed by atoms with Crippen LogP contribution in [-0.4, -0.2) is 0 Å². The van der Waals surface area contributed by atoms with E-state index in [-0.39, 0.29) is 27.9 Å². The Morgan fingerprint density at radius 2 is 1.57 bits per heavy atom. The molecule has 176 valence electrons. The molecule has 3 aromatic carbocycles. The van der Waals surface area contributed by atoms with Crippen LogP contribution in [0.5, 0.6) is 0 Å². The largest absolute Gasteiger partial charge is 0.454 e. The Hall–Kier alpha value is -3.39. The molecule has 5 aromatic rings. The van der Waals surface area contributed by atoms with Crippen LogP contribution in [-0.2, 0) is 12.5 Å². The fourth-order valence-electron chi connectivity index (χ4n) is 5.56. The molecule has 0 saturated heterocycles. The van der Waals surface area contributed by atoms with Crippen molar-refractivity contribution in [1.82, 2.24) is 0 Å². The highest BCUT2D eigenvalue weighted by molar-refractivity contribution is 6.14. The van der Waals surface area contributed by atoms with Gasteiger partial charge in [0.25, 0.3) is 0 Å². The van der Waals surface area contributed by atoms with E-state index in [1.807, 2.05) is 0 Å². The van der Waals surface area contributed by atoms with Crippen molar-refractivity contribution in [2.75, 3.05) is 0 Å². The zero-order chi connectivity index (χ0) is 39.0. The molecule has 1 aliphatic carbocycles. The van der Waals surface area contributed by atoms with Crippen LogP contribution in [0, 0.1) is 25.6 Å². The van der Waals surface area contributed by atoms with Crippen LogP contribution >= 0.6 is 0 Å². The van der Waals surface area contributed by atoms with Gasteiger partial charge in [-0.2, -0.15) is 0 Å². The lowest BCUT2D eigenvalue weighted by atomic mass is 9.63. The van der Waals surface area contributed by atoms with E-state index in [2.05, 4.69) is 0 Å². The molecule has 1 aliphatic rings. The smallest absolute Gasteiger partial charge is 0.216 e. The Labute approximate surface area is 232 Å². The quantitative estimate of drug-likeness (QED) is 0.239. The topological polar surface area (TPSA) is 17.0 Å². The summed E-state index contributed by atoms with van der Waals surface area (Å²) in [5.74, 6) is -7.85. The van der Waals surface area contributed by atoms with Crippen molar-refractivity contribution in [1.29, 1.82) is 0 Å². The molecule has 0 fully saturated rings. The SMILES string of the molecule is [2H]C([2H])([2H])c1cc[n+](C)c(-c2c(C)ccc3c2oc2c4c(ccc23)C(C([2H])(C([2H])([2H])[2H])C([2H])([2H])[2H])(C([2H])(C([2H])([2H])[2H])C([2H])([2H])[2H])c2ccccc2-4)c1. The lowest BCUT2D eigenvalue weighted by molar-refractivity contribution is -0.660. The van der Waals surface area contributed by atoms with E-state index in [9.17, 15) is 2.74 Å². The zero-order valence-corrected chi connectivity index (χ0v) is 19.2. The van der Waals surface area contributed by atoms with E-state index in [0.29, 0.717) is 27.6 Å². The van der Waals surface area contributed by atoms with Gasteiger partial charge in [0.1, 0.15) is 18.2 Å². The molecule has 0 bridgehead atoms. The normalized spacial score (nSPS) is 23.9. The Morgan fingerprint density at radius 1 is 0.857 bits per heavy atom. The Morgan fingerprint density at radius 3 is 2.31 bits per heavy atom. The molecule has 0 spiro atoms. The minimum atomic E-state index is -3.93. The Balaban J connectivity index is 1.88. The van der Waals surface area contributed by atoms with Gasteiger partial charge >= 0.3 is 0 Å². The molecule has 0 N–H and O–H groups in total. The van der Waals surface area contributed by atoms with Crippen molar-refractivity contribution < 1.29 is 32.3 Å². The van der Waals surface area contributed by atoms with E-state index in [0.717, 1.165) is 0 Å². The third-order valence-electron chi connectivity index (χ3n) is 7.18. The first kappa shape index (κ1) is 10.3. The van der Waals surface area contributed by atoms with Gasteiger partial charge < -0.3 is 4.42 Å². The number of rotatable bonds is 3. The summed E-state index contributed by atoms with van der Waals surface area (Å²) >= 11 is 0. The molecule has 0 amide bonds. The molecule has 0 aliphatic heterocycles. The van der Waals surface area contributed by atoms with Gasteiger partial charge in [-0.15, -0.1) is 0 Å². The number of furan rings is 1. The van der Waals surface area contributed by atoms with Gasteiger partial charge in [-0.3, -0.25) is 0 Å². The summed E-state index contributed by atoms with van der Waals surface area (Å²) < 4.78 is 154. The predicted molar refractivity (Wildman–Crippen MR) is 146 cm³/mol. The van der Waals surface area contributed by atoms with Crippen LogP contribution < -0.4 is 4.57 Å². The van der Waals surface area contributed by atoms with E-state index >= 15 is 0 Å². The number of pyridine rings is 1. The molecule has 0 unspecified atom stereocenters. The molecule has 0 saturated carbocycles. The first-order valence-corrected chi connectivity index (χ1v) is 11.2. The standard InChI is InChI=1S/C33H34NO/c1-19(2)33(20(3)4)26-11-9-8-10-25(26)30-27(33)15-14-24-23-13-12-22(6)29(31(23)35-32(24)30)28-18-21(5)16-17-34(28)7/h8-20H,1-7H3/q+1/i1D3,2D3,3D3,4D3,5D3,19D,20D. The maximum atomic E-state index is 9.61. The number of hydrogen-bond donors (Lipinski definition) is 0. The number of nitrogens with zero attached hydrogens (tertiary/aromatic N) is 1. The first-order valence-electron chi connectivity index (χ1n) is 19.7. The van der Waals surface area contributed by atoms with Gasteiger partial charge in [-0.1, -0.05) is 75.9 Å². The molecule has 2 nitrogen and oxygen atoms in total. The number of hydrogen-bond acceptors (Lipinski definition) is 1. The van der Waals surface area contributed by atoms with Gasteiger partial charge in [0.05, 0.1) is 5.56 Å². The van der Waals surface area contributed by atoms with Crippen LogP contribution in [0.3, 0.4) is 0 Å². The molecule has 0 atom stereocenters. The van der Waals surface area contributed by atoms with Gasteiger partial charge in [-0.25, -0.2) is 4.57 Å². The summed E-state index contributed by atoms with van der Waals surface area (Å²) in [5.41, 5.74) is -2.37. The summed E-state index contributed by atoms with van der Waals surface area (Å²) in [4.78, 5) is 0. The van der Waals surface area contributed by atoms with Gasteiger partial charge in [0, 0.05) is 57.2 Å². The number of aryl methyl sites for hydroxylation is 3. The van der Waals surface area contributed by atoms with Crippen LogP contribution in [0.4, 0.5) is 0 Å². The minimum Gasteiger partial charge on any atom is -0.454 e. The van der Waals surface area contributed by atoms with Crippen LogP contribution in [0.1, 0.15) is 73.0 Å². The summed E-state index contributed by atoms with van der Waals surface area (Å²) in [7, 11) is 1.72. The second-order valence-electron chi connectivity index (χ2n) is 9.06. The van der Waals surface area contributed by atoms with Crippen LogP contribution in [0.25, 0.3) is 44.3 Å². The average molecular weight is 478 g/mol. The van der Waals surface area contributed by atoms with Gasteiger partial charge in [0.2, 0.25) is 5.69 Å². The lowest BCUT2D eigenvalue weighted by Crippen LogP contribution is -2.37. The summed E-state index contributed by atoms with van der Waals surface area (Å²) in [6, 6.07) is 14.6. The molecular weight excluding hydrogens is 426 g/mol. The van der Waals surface area contributed by atoms with Crippen LogP contribution in [0.15, 0.2) is 71.3 Å². The van der Waals surface area contributed by atoms with E-state index < -0.39 is 62.6 Å². The third kappa shape index (κ3) is 2.80. The second-order valence-corrected chi connectivity index (χ2v) is 9.06. The molecule has 6 rings (SSSR count). The highest BCUT2D eigenvalue weighted by Crippen LogP contribution is 2.58. The van der Waals surface area contributed by atoms with Crippen molar-refractivity contribution in [3.8, 4) is 22.4 Å². The zero-order valence-electron chi connectivity index (χ0n) is 36.2. The molecule has 2 heterocycles. The second kappa shape index (κ2) is 7.55. The highest BCUT2D eigenvalue weighted by atomic mass is 16.3. The number of aromatic nitrogens is 1. The Bertz CT molecular complexity index is 2180. The van der Waals surface area contributed by atoms with Crippen molar-refractivity contribution in [3.63, 3.8) is 0 Å². The highest BCUT2D eigenvalue weighted by Gasteiger charge is 2.48. The van der Waals surface area contributed by atoms with Crippen molar-refractivity contribution in [2.24, 2.45) is 18.8 Å². The summed E-state index contributed by atoms with van der Waals surface area (Å²) in [6.45, 7) is -16.2. The maximum Gasteiger partial charge on any atom is 0.216 e. The van der Waals surface area contributed by atoms with E-state index in [1.165, 1.54) is 48.5 Å². The maximum absolute atomic E-state index is 9.61. The molecule has 2 aromatic heterocycles.